The Bertz CT molecular complexity index is 1450. The number of carboxylic acids is 1. The number of carbonyl (C=O) groups is 2. The number of rotatable bonds is 9. The Balaban J connectivity index is 1.57. The van der Waals surface area contributed by atoms with E-state index in [9.17, 15) is 14.0 Å². The Morgan fingerprint density at radius 3 is 2.50 bits per heavy atom. The first kappa shape index (κ1) is 24.4. The number of hydrogen-bond donors (Lipinski definition) is 4. The minimum absolute atomic E-state index is 0.00109. The summed E-state index contributed by atoms with van der Waals surface area (Å²) >= 11 is 0. The summed E-state index contributed by atoms with van der Waals surface area (Å²) in [6.07, 6.45) is -0.280. The van der Waals surface area contributed by atoms with Gasteiger partial charge in [-0.25, -0.2) is 9.37 Å². The summed E-state index contributed by atoms with van der Waals surface area (Å²) in [5.41, 5.74) is 8.98. The number of amidine groups is 1. The number of hydrogen-bond acceptors (Lipinski definition) is 5. The Labute approximate surface area is 206 Å². The second kappa shape index (κ2) is 10.3. The van der Waals surface area contributed by atoms with Crippen molar-refractivity contribution in [1.82, 2.24) is 9.55 Å². The minimum Gasteiger partial charge on any atom is -0.481 e. The van der Waals surface area contributed by atoms with Gasteiger partial charge in [0.1, 0.15) is 17.5 Å². The van der Waals surface area contributed by atoms with Crippen LogP contribution in [0.1, 0.15) is 28.2 Å². The Hall–Kier alpha value is -4.73. The largest absolute Gasteiger partial charge is 0.481 e. The Morgan fingerprint density at radius 1 is 1.11 bits per heavy atom. The molecule has 184 valence electrons. The van der Waals surface area contributed by atoms with E-state index in [0.29, 0.717) is 23.2 Å². The van der Waals surface area contributed by atoms with E-state index in [1.807, 2.05) is 23.7 Å². The maximum Gasteiger partial charge on any atom is 0.305 e. The molecule has 0 aliphatic rings. The van der Waals surface area contributed by atoms with Crippen LogP contribution in [-0.4, -0.2) is 38.9 Å². The van der Waals surface area contributed by atoms with Gasteiger partial charge in [0.15, 0.2) is 0 Å². The lowest BCUT2D eigenvalue weighted by atomic mass is 10.1. The van der Waals surface area contributed by atoms with Crippen LogP contribution >= 0.6 is 0 Å². The SMILES string of the molecule is Cn1c(CNc2ccc(C(=N)N)cc2)nc2cc(C(=O)N(CCC(=O)O)c3cccc(F)c3)ccc21. The normalized spacial score (nSPS) is 10.8. The molecule has 0 fully saturated rings. The Kier molecular flexibility index (Phi) is 6.95. The predicted molar refractivity (Wildman–Crippen MR) is 136 cm³/mol. The zero-order chi connectivity index (χ0) is 25.8. The van der Waals surface area contributed by atoms with Gasteiger partial charge in [0.05, 0.1) is 24.0 Å². The number of nitrogen functional groups attached to an aromatic ring is 1. The van der Waals surface area contributed by atoms with Crippen LogP contribution in [-0.2, 0) is 18.4 Å². The lowest BCUT2D eigenvalue weighted by molar-refractivity contribution is -0.136. The number of amides is 1. The van der Waals surface area contributed by atoms with E-state index in [1.54, 1.807) is 36.4 Å². The third kappa shape index (κ3) is 5.33. The average molecular weight is 489 g/mol. The summed E-state index contributed by atoms with van der Waals surface area (Å²) in [6, 6.07) is 17.7. The zero-order valence-electron chi connectivity index (χ0n) is 19.5. The second-order valence-corrected chi connectivity index (χ2v) is 8.22. The molecule has 5 N–H and O–H groups in total. The number of fused-ring (bicyclic) bond motifs is 1. The van der Waals surface area contributed by atoms with Crippen LogP contribution in [0.25, 0.3) is 11.0 Å². The number of halogens is 1. The summed E-state index contributed by atoms with van der Waals surface area (Å²) in [6.45, 7) is 0.317. The van der Waals surface area contributed by atoms with Gasteiger partial charge in [-0.3, -0.25) is 15.0 Å². The number of nitrogens with two attached hydrogens (primary N) is 1. The molecule has 0 aliphatic carbocycles. The monoisotopic (exact) mass is 488 g/mol. The molecule has 0 unspecified atom stereocenters. The van der Waals surface area contributed by atoms with Crippen molar-refractivity contribution in [3.8, 4) is 0 Å². The molecule has 0 atom stereocenters. The number of nitrogens with one attached hydrogen (secondary N) is 2. The van der Waals surface area contributed by atoms with Gasteiger partial charge < -0.3 is 25.6 Å². The standard InChI is InChI=1S/C26H25FN6O3/c1-32-22-10-7-17(26(36)33(12-11-24(34)35)20-4-2-3-18(27)14-20)13-21(22)31-23(32)15-30-19-8-5-16(6-9-19)25(28)29/h2-10,13-14,30H,11-12,15H2,1H3,(H3,28,29)(H,34,35). The molecular formula is C26H25FN6O3. The summed E-state index contributed by atoms with van der Waals surface area (Å²) in [5, 5.41) is 19.9. The summed E-state index contributed by atoms with van der Waals surface area (Å²) < 4.78 is 15.7. The average Bonchev–Trinajstić information content (AvgIpc) is 3.17. The van der Waals surface area contributed by atoms with Crippen LogP contribution < -0.4 is 16.0 Å². The topological polar surface area (TPSA) is 137 Å². The van der Waals surface area contributed by atoms with Crippen LogP contribution in [0.4, 0.5) is 15.8 Å². The molecule has 4 rings (SSSR count). The fourth-order valence-electron chi connectivity index (χ4n) is 3.84. The lowest BCUT2D eigenvalue weighted by Gasteiger charge is -2.22. The first-order chi connectivity index (χ1) is 17.2. The number of aryl methyl sites for hydroxylation is 1. The van der Waals surface area contributed by atoms with Crippen LogP contribution in [0.3, 0.4) is 0 Å². The molecule has 1 aromatic heterocycles. The van der Waals surface area contributed by atoms with Crippen molar-refractivity contribution < 1.29 is 19.1 Å². The molecule has 4 aromatic rings. The van der Waals surface area contributed by atoms with Crippen molar-refractivity contribution in [2.24, 2.45) is 12.8 Å². The molecule has 0 aliphatic heterocycles. The smallest absolute Gasteiger partial charge is 0.305 e. The molecule has 0 saturated carbocycles. The maximum absolute atomic E-state index is 13.8. The molecule has 3 aromatic carbocycles. The highest BCUT2D eigenvalue weighted by molar-refractivity contribution is 6.07. The van der Waals surface area contributed by atoms with Crippen LogP contribution in [0.2, 0.25) is 0 Å². The van der Waals surface area contributed by atoms with Crippen molar-refractivity contribution in [3.63, 3.8) is 0 Å². The Morgan fingerprint density at radius 2 is 1.83 bits per heavy atom. The number of carbonyl (C=O) groups excluding carboxylic acids is 1. The quantitative estimate of drug-likeness (QED) is 0.209. The van der Waals surface area contributed by atoms with Gasteiger partial charge in [0.25, 0.3) is 5.91 Å². The van der Waals surface area contributed by atoms with Gasteiger partial charge >= 0.3 is 5.97 Å². The van der Waals surface area contributed by atoms with Crippen LogP contribution in [0.15, 0.2) is 66.7 Å². The van der Waals surface area contributed by atoms with E-state index < -0.39 is 17.7 Å². The second-order valence-electron chi connectivity index (χ2n) is 8.22. The highest BCUT2D eigenvalue weighted by atomic mass is 19.1. The number of aliphatic carboxylic acids is 1. The lowest BCUT2D eigenvalue weighted by Crippen LogP contribution is -2.33. The third-order valence-corrected chi connectivity index (χ3v) is 5.78. The van der Waals surface area contributed by atoms with E-state index in [4.69, 9.17) is 16.2 Å². The summed E-state index contributed by atoms with van der Waals surface area (Å²) in [7, 11) is 1.87. The van der Waals surface area contributed by atoms with E-state index in [1.165, 1.54) is 23.1 Å². The number of imidazole rings is 1. The third-order valence-electron chi connectivity index (χ3n) is 5.78. The highest BCUT2D eigenvalue weighted by Crippen LogP contribution is 2.23. The zero-order valence-corrected chi connectivity index (χ0v) is 19.5. The summed E-state index contributed by atoms with van der Waals surface area (Å²) in [4.78, 5) is 30.4. The van der Waals surface area contributed by atoms with Gasteiger partial charge in [-0.2, -0.15) is 0 Å². The van der Waals surface area contributed by atoms with Crippen molar-refractivity contribution in [3.05, 3.63) is 89.5 Å². The van der Waals surface area contributed by atoms with Gasteiger partial charge in [-0.05, 0) is 60.7 Å². The first-order valence-electron chi connectivity index (χ1n) is 11.2. The predicted octanol–water partition coefficient (Wildman–Crippen LogP) is 3.73. The van der Waals surface area contributed by atoms with Crippen molar-refractivity contribution in [2.45, 2.75) is 13.0 Å². The van der Waals surface area contributed by atoms with Gasteiger partial charge in [-0.1, -0.05) is 6.07 Å². The molecule has 0 bridgehead atoms. The molecule has 1 amide bonds. The van der Waals surface area contributed by atoms with Gasteiger partial charge in [-0.15, -0.1) is 0 Å². The summed E-state index contributed by atoms with van der Waals surface area (Å²) in [5.74, 6) is -1.29. The number of nitrogens with zero attached hydrogens (tertiary/aromatic N) is 3. The highest BCUT2D eigenvalue weighted by Gasteiger charge is 2.20. The molecule has 0 radical (unpaired) electrons. The van der Waals surface area contributed by atoms with Gasteiger partial charge in [0.2, 0.25) is 0 Å². The van der Waals surface area contributed by atoms with Crippen molar-refractivity contribution in [1.29, 1.82) is 5.41 Å². The number of anilines is 2. The van der Waals surface area contributed by atoms with Crippen LogP contribution in [0, 0.1) is 11.2 Å². The molecular weight excluding hydrogens is 463 g/mol. The molecule has 0 saturated heterocycles. The fourth-order valence-corrected chi connectivity index (χ4v) is 3.84. The van der Waals surface area contributed by atoms with Crippen molar-refractivity contribution >= 4 is 40.1 Å². The van der Waals surface area contributed by atoms with E-state index in [2.05, 4.69) is 10.3 Å². The molecule has 9 nitrogen and oxygen atoms in total. The van der Waals surface area contributed by atoms with Crippen LogP contribution in [0.5, 0.6) is 0 Å². The first-order valence-corrected chi connectivity index (χ1v) is 11.2. The van der Waals surface area contributed by atoms with Gasteiger partial charge in [0, 0.05) is 36.1 Å². The molecule has 10 heteroatoms. The fraction of sp³-hybridized carbons (Fsp3) is 0.154. The number of benzene rings is 3. The molecule has 1 heterocycles. The molecule has 36 heavy (non-hydrogen) atoms. The van der Waals surface area contributed by atoms with Crippen molar-refractivity contribution in [2.75, 3.05) is 16.8 Å². The molecule has 0 spiro atoms. The van der Waals surface area contributed by atoms with E-state index >= 15 is 0 Å². The van der Waals surface area contributed by atoms with E-state index in [0.717, 1.165) is 17.0 Å². The minimum atomic E-state index is -1.06. The maximum atomic E-state index is 13.8. The number of carboxylic acid groups (broad SMARTS) is 1. The van der Waals surface area contributed by atoms with E-state index in [-0.39, 0.29) is 24.5 Å². The number of aromatic nitrogens is 2.